The molecule has 0 radical (unpaired) electrons. The SMILES string of the molecule is O=C(C=Cc1cccnc1)Nc1cccc(-c2cccc(-n3c(=O)c(Cc4cccnc4)nc4cccnc43)c2)c1. The number of hydrogen-bond acceptors (Lipinski definition) is 6. The van der Waals surface area contributed by atoms with Gasteiger partial charge in [0.15, 0.2) is 5.65 Å². The maximum Gasteiger partial charge on any atom is 0.278 e. The van der Waals surface area contributed by atoms with E-state index in [1.165, 1.54) is 6.08 Å². The van der Waals surface area contributed by atoms with Gasteiger partial charge in [0.1, 0.15) is 11.2 Å². The Bertz CT molecular complexity index is 1940. The molecule has 0 saturated heterocycles. The summed E-state index contributed by atoms with van der Waals surface area (Å²) < 4.78 is 1.60. The van der Waals surface area contributed by atoms with Crippen molar-refractivity contribution in [2.45, 2.75) is 6.42 Å². The van der Waals surface area contributed by atoms with E-state index < -0.39 is 0 Å². The quantitative estimate of drug-likeness (QED) is 0.271. The van der Waals surface area contributed by atoms with Crippen LogP contribution in [0, 0.1) is 0 Å². The summed E-state index contributed by atoms with van der Waals surface area (Å²) >= 11 is 0. The molecule has 0 spiro atoms. The zero-order chi connectivity index (χ0) is 28.0. The molecule has 0 fully saturated rings. The molecule has 4 heterocycles. The molecule has 6 aromatic rings. The van der Waals surface area contributed by atoms with E-state index in [2.05, 4.69) is 25.3 Å². The van der Waals surface area contributed by atoms with Crippen LogP contribution < -0.4 is 10.9 Å². The minimum absolute atomic E-state index is 0.237. The minimum Gasteiger partial charge on any atom is -0.322 e. The van der Waals surface area contributed by atoms with Crippen molar-refractivity contribution in [2.24, 2.45) is 0 Å². The molecule has 8 heteroatoms. The molecule has 0 aliphatic rings. The number of anilines is 1. The Morgan fingerprint density at radius 2 is 1.61 bits per heavy atom. The van der Waals surface area contributed by atoms with E-state index in [-0.39, 0.29) is 11.5 Å². The number of pyridine rings is 3. The van der Waals surface area contributed by atoms with Gasteiger partial charge in [0, 0.05) is 49.2 Å². The van der Waals surface area contributed by atoms with Crippen molar-refractivity contribution in [2.75, 3.05) is 5.32 Å². The predicted octanol–water partition coefficient (Wildman–Crippen LogP) is 5.48. The Labute approximate surface area is 235 Å². The average Bonchev–Trinajstić information content (AvgIpc) is 3.02. The normalized spacial score (nSPS) is 11.1. The highest BCUT2D eigenvalue weighted by atomic mass is 16.1. The van der Waals surface area contributed by atoms with Gasteiger partial charge in [0.05, 0.1) is 5.69 Å². The molecule has 0 aliphatic heterocycles. The Balaban J connectivity index is 1.33. The second-order valence-corrected chi connectivity index (χ2v) is 9.32. The van der Waals surface area contributed by atoms with E-state index >= 15 is 0 Å². The molecule has 8 nitrogen and oxygen atoms in total. The Morgan fingerprint density at radius 1 is 0.829 bits per heavy atom. The van der Waals surface area contributed by atoms with Crippen LogP contribution in [0.1, 0.15) is 16.8 Å². The number of benzene rings is 2. The van der Waals surface area contributed by atoms with Crippen molar-refractivity contribution in [3.63, 3.8) is 0 Å². The fourth-order valence-electron chi connectivity index (χ4n) is 4.55. The topological polar surface area (TPSA) is 103 Å². The first-order valence-electron chi connectivity index (χ1n) is 13.0. The van der Waals surface area contributed by atoms with E-state index in [9.17, 15) is 9.59 Å². The van der Waals surface area contributed by atoms with Gasteiger partial charge in [0.25, 0.3) is 5.56 Å². The van der Waals surface area contributed by atoms with Gasteiger partial charge in [-0.15, -0.1) is 0 Å². The summed E-state index contributed by atoms with van der Waals surface area (Å²) in [5.41, 5.74) is 6.10. The molecule has 0 atom stereocenters. The highest BCUT2D eigenvalue weighted by Gasteiger charge is 2.15. The summed E-state index contributed by atoms with van der Waals surface area (Å²) in [5, 5.41) is 2.91. The maximum absolute atomic E-state index is 13.8. The van der Waals surface area contributed by atoms with Gasteiger partial charge in [-0.3, -0.25) is 24.1 Å². The number of rotatable bonds is 7. The van der Waals surface area contributed by atoms with E-state index in [1.807, 2.05) is 78.9 Å². The lowest BCUT2D eigenvalue weighted by molar-refractivity contribution is -0.111. The second-order valence-electron chi connectivity index (χ2n) is 9.32. The van der Waals surface area contributed by atoms with Crippen molar-refractivity contribution < 1.29 is 4.79 Å². The fraction of sp³-hybridized carbons (Fsp3) is 0.0303. The molecule has 2 aromatic carbocycles. The molecule has 4 aromatic heterocycles. The monoisotopic (exact) mass is 536 g/mol. The summed E-state index contributed by atoms with van der Waals surface area (Å²) in [7, 11) is 0. The standard InChI is InChI=1S/C33H24N6O2/c40-31(14-13-23-6-3-15-34-21-23)37-27-10-1-8-25(19-27)26-9-2-11-28(20-26)39-32-29(12-5-17-36-32)38-30(33(39)41)18-24-7-4-16-35-22-24/h1-17,19-22H,18H2,(H,37,40). The number of amides is 1. The predicted molar refractivity (Wildman–Crippen MR) is 160 cm³/mol. The van der Waals surface area contributed by atoms with E-state index in [1.54, 1.807) is 47.7 Å². The van der Waals surface area contributed by atoms with Crippen LogP contribution >= 0.6 is 0 Å². The van der Waals surface area contributed by atoms with Gasteiger partial charge in [-0.25, -0.2) is 9.97 Å². The van der Waals surface area contributed by atoms with Gasteiger partial charge in [-0.05, 0) is 76.9 Å². The van der Waals surface area contributed by atoms with Crippen molar-refractivity contribution in [3.05, 3.63) is 149 Å². The molecule has 0 bridgehead atoms. The third-order valence-corrected chi connectivity index (χ3v) is 6.46. The number of hydrogen-bond donors (Lipinski definition) is 1. The highest BCUT2D eigenvalue weighted by molar-refractivity contribution is 6.02. The number of aromatic nitrogens is 5. The number of carbonyl (C=O) groups excluding carboxylic acids is 1. The van der Waals surface area contributed by atoms with Crippen LogP contribution in [-0.4, -0.2) is 30.4 Å². The summed E-state index contributed by atoms with van der Waals surface area (Å²) in [6, 6.07) is 26.4. The third-order valence-electron chi connectivity index (χ3n) is 6.46. The second kappa shape index (κ2) is 11.5. The molecule has 1 amide bonds. The van der Waals surface area contributed by atoms with Crippen LogP contribution in [0.25, 0.3) is 34.1 Å². The molecule has 1 N–H and O–H groups in total. The van der Waals surface area contributed by atoms with E-state index in [0.717, 1.165) is 22.3 Å². The summed E-state index contributed by atoms with van der Waals surface area (Å²) in [5.74, 6) is -0.248. The van der Waals surface area contributed by atoms with Crippen molar-refractivity contribution >= 4 is 28.8 Å². The Morgan fingerprint density at radius 3 is 2.41 bits per heavy atom. The molecule has 0 unspecified atom stereocenters. The van der Waals surface area contributed by atoms with Crippen LogP contribution in [0.4, 0.5) is 5.69 Å². The first-order valence-corrected chi connectivity index (χ1v) is 13.0. The van der Waals surface area contributed by atoms with Gasteiger partial charge in [-0.2, -0.15) is 0 Å². The van der Waals surface area contributed by atoms with Crippen molar-refractivity contribution in [3.8, 4) is 16.8 Å². The highest BCUT2D eigenvalue weighted by Crippen LogP contribution is 2.26. The molecule has 41 heavy (non-hydrogen) atoms. The lowest BCUT2D eigenvalue weighted by Gasteiger charge is -2.13. The zero-order valence-electron chi connectivity index (χ0n) is 21.9. The number of fused-ring (bicyclic) bond motifs is 1. The van der Waals surface area contributed by atoms with Crippen LogP contribution in [0.3, 0.4) is 0 Å². The molecule has 0 aliphatic carbocycles. The largest absolute Gasteiger partial charge is 0.322 e. The van der Waals surface area contributed by atoms with Gasteiger partial charge in [0.2, 0.25) is 5.91 Å². The number of nitrogens with zero attached hydrogens (tertiary/aromatic N) is 5. The zero-order valence-corrected chi connectivity index (χ0v) is 21.9. The summed E-state index contributed by atoms with van der Waals surface area (Å²) in [6.07, 6.45) is 12.0. The summed E-state index contributed by atoms with van der Waals surface area (Å²) in [4.78, 5) is 43.6. The maximum atomic E-state index is 13.8. The average molecular weight is 537 g/mol. The summed E-state index contributed by atoms with van der Waals surface area (Å²) in [6.45, 7) is 0. The van der Waals surface area contributed by atoms with Crippen LogP contribution in [0.2, 0.25) is 0 Å². The Kier molecular flexibility index (Phi) is 7.19. The lowest BCUT2D eigenvalue weighted by Crippen LogP contribution is -2.25. The molecule has 0 saturated carbocycles. The number of carbonyl (C=O) groups is 1. The third kappa shape index (κ3) is 5.81. The molecular formula is C33H24N6O2. The lowest BCUT2D eigenvalue weighted by atomic mass is 10.0. The minimum atomic E-state index is -0.248. The van der Waals surface area contributed by atoms with E-state index in [0.29, 0.717) is 34.7 Å². The Hall–Kier alpha value is -5.76. The molecule has 198 valence electrons. The van der Waals surface area contributed by atoms with Crippen LogP contribution in [0.5, 0.6) is 0 Å². The van der Waals surface area contributed by atoms with Crippen LogP contribution in [0.15, 0.2) is 127 Å². The van der Waals surface area contributed by atoms with Gasteiger partial charge >= 0.3 is 0 Å². The van der Waals surface area contributed by atoms with Crippen molar-refractivity contribution in [1.82, 2.24) is 24.5 Å². The smallest absolute Gasteiger partial charge is 0.278 e. The van der Waals surface area contributed by atoms with Gasteiger partial charge < -0.3 is 5.32 Å². The van der Waals surface area contributed by atoms with Crippen molar-refractivity contribution in [1.29, 1.82) is 0 Å². The first kappa shape index (κ1) is 25.5. The molecular weight excluding hydrogens is 512 g/mol. The number of nitrogens with one attached hydrogen (secondary N) is 1. The van der Waals surface area contributed by atoms with E-state index in [4.69, 9.17) is 0 Å². The van der Waals surface area contributed by atoms with Crippen LogP contribution in [-0.2, 0) is 11.2 Å². The van der Waals surface area contributed by atoms with Gasteiger partial charge in [-0.1, -0.05) is 36.4 Å². The molecule has 6 rings (SSSR count). The fourth-order valence-corrected chi connectivity index (χ4v) is 4.55. The first-order chi connectivity index (χ1) is 20.1.